The Morgan fingerprint density at radius 1 is 0.880 bits per heavy atom. The summed E-state index contributed by atoms with van der Waals surface area (Å²) in [5, 5.41) is 19.0. The van der Waals surface area contributed by atoms with Crippen LogP contribution in [0.2, 0.25) is 0 Å². The topological polar surface area (TPSA) is 57.8 Å². The van der Waals surface area contributed by atoms with Crippen LogP contribution in [0.4, 0.5) is 11.4 Å². The monoisotopic (exact) mass is 345 g/mol. The molecule has 0 amide bonds. The van der Waals surface area contributed by atoms with E-state index in [9.17, 15) is 5.11 Å². The van der Waals surface area contributed by atoms with Crippen LogP contribution in [0.15, 0.2) is 77.0 Å². The molecule has 0 radical (unpaired) electrons. The zero-order valence-corrected chi connectivity index (χ0v) is 14.4. The van der Waals surface area contributed by atoms with E-state index in [-0.39, 0.29) is 5.75 Å². The van der Waals surface area contributed by atoms with Crippen molar-refractivity contribution in [2.24, 2.45) is 10.2 Å². The second kappa shape index (κ2) is 6.45. The third kappa shape index (κ3) is 3.14. The van der Waals surface area contributed by atoms with Gasteiger partial charge in [-0.2, -0.15) is 5.11 Å². The minimum atomic E-state index is 0.118. The van der Waals surface area contributed by atoms with Gasteiger partial charge in [-0.1, -0.05) is 24.3 Å². The molecule has 1 heterocycles. The average molecular weight is 345 g/mol. The van der Waals surface area contributed by atoms with Crippen molar-refractivity contribution in [3.8, 4) is 16.3 Å². The van der Waals surface area contributed by atoms with Crippen molar-refractivity contribution in [1.29, 1.82) is 0 Å². The number of phenols is 1. The van der Waals surface area contributed by atoms with Gasteiger partial charge < -0.3 is 5.11 Å². The summed E-state index contributed by atoms with van der Waals surface area (Å²) in [4.78, 5) is 4.75. The number of aromatic nitrogens is 1. The lowest BCUT2D eigenvalue weighted by molar-refractivity contribution is 0.476. The van der Waals surface area contributed by atoms with E-state index in [0.29, 0.717) is 5.69 Å². The Hall–Kier alpha value is -3.05. The highest BCUT2D eigenvalue weighted by atomic mass is 32.1. The number of azo groups is 1. The summed E-state index contributed by atoms with van der Waals surface area (Å²) in [5.41, 5.74) is 4.48. The molecular weight excluding hydrogens is 330 g/mol. The summed E-state index contributed by atoms with van der Waals surface area (Å²) in [6.45, 7) is 2.08. The van der Waals surface area contributed by atoms with Gasteiger partial charge in [0.15, 0.2) is 0 Å². The molecule has 122 valence electrons. The van der Waals surface area contributed by atoms with Crippen LogP contribution >= 0.6 is 11.3 Å². The number of hydrogen-bond acceptors (Lipinski definition) is 5. The molecule has 4 nitrogen and oxygen atoms in total. The normalized spacial score (nSPS) is 11.4. The molecule has 0 atom stereocenters. The van der Waals surface area contributed by atoms with Crippen LogP contribution in [0.25, 0.3) is 20.8 Å². The number of hydrogen-bond donors (Lipinski definition) is 1. The number of aromatic hydroxyl groups is 1. The van der Waals surface area contributed by atoms with Crippen LogP contribution in [-0.2, 0) is 0 Å². The van der Waals surface area contributed by atoms with Crippen molar-refractivity contribution in [2.75, 3.05) is 0 Å². The number of aryl methyl sites for hydroxylation is 1. The third-order valence-electron chi connectivity index (χ3n) is 3.89. The van der Waals surface area contributed by atoms with Crippen LogP contribution in [0.1, 0.15) is 5.56 Å². The van der Waals surface area contributed by atoms with Gasteiger partial charge in [0.2, 0.25) is 0 Å². The van der Waals surface area contributed by atoms with E-state index in [2.05, 4.69) is 35.4 Å². The molecule has 3 aromatic carbocycles. The zero-order valence-electron chi connectivity index (χ0n) is 13.5. The SMILES string of the molecule is Cc1cccc2sc(-c3ccc(/N=N/c4ccccc4O)cc3)nc12. The van der Waals surface area contributed by atoms with Crippen LogP contribution in [0.5, 0.6) is 5.75 Å². The van der Waals surface area contributed by atoms with Gasteiger partial charge >= 0.3 is 0 Å². The molecule has 25 heavy (non-hydrogen) atoms. The van der Waals surface area contributed by atoms with Crippen molar-refractivity contribution < 1.29 is 5.11 Å². The fourth-order valence-corrected chi connectivity index (χ4v) is 3.59. The average Bonchev–Trinajstić information content (AvgIpc) is 3.07. The van der Waals surface area contributed by atoms with E-state index in [1.807, 2.05) is 30.3 Å². The lowest BCUT2D eigenvalue weighted by Crippen LogP contribution is -1.77. The number of phenolic OH excluding ortho intramolecular Hbond substituents is 1. The molecule has 0 saturated carbocycles. The van der Waals surface area contributed by atoms with Crippen molar-refractivity contribution in [3.05, 3.63) is 72.3 Å². The summed E-state index contributed by atoms with van der Waals surface area (Å²) in [6, 6.07) is 20.9. The summed E-state index contributed by atoms with van der Waals surface area (Å²) < 4.78 is 1.19. The first kappa shape index (κ1) is 15.5. The Balaban J connectivity index is 1.61. The van der Waals surface area contributed by atoms with Gasteiger partial charge in [-0.3, -0.25) is 0 Å². The van der Waals surface area contributed by atoms with E-state index >= 15 is 0 Å². The smallest absolute Gasteiger partial charge is 0.143 e. The van der Waals surface area contributed by atoms with Crippen LogP contribution in [0, 0.1) is 6.92 Å². The van der Waals surface area contributed by atoms with Gasteiger partial charge in [0, 0.05) is 5.56 Å². The minimum Gasteiger partial charge on any atom is -0.506 e. The minimum absolute atomic E-state index is 0.118. The van der Waals surface area contributed by atoms with E-state index in [1.54, 1.807) is 29.5 Å². The first-order chi connectivity index (χ1) is 12.2. The number of fused-ring (bicyclic) bond motifs is 1. The lowest BCUT2D eigenvalue weighted by Gasteiger charge is -1.98. The van der Waals surface area contributed by atoms with Gasteiger partial charge in [-0.25, -0.2) is 4.98 Å². The molecular formula is C20H15N3OS. The van der Waals surface area contributed by atoms with Crippen LogP contribution in [0.3, 0.4) is 0 Å². The number of benzene rings is 3. The Morgan fingerprint density at radius 3 is 2.44 bits per heavy atom. The molecule has 1 aromatic heterocycles. The maximum Gasteiger partial charge on any atom is 0.143 e. The molecule has 0 aliphatic heterocycles. The molecule has 1 N–H and O–H groups in total. The Bertz CT molecular complexity index is 1070. The maximum atomic E-state index is 9.71. The van der Waals surface area contributed by atoms with Gasteiger partial charge in [-0.05, 0) is 55.0 Å². The molecule has 0 bridgehead atoms. The van der Waals surface area contributed by atoms with E-state index in [4.69, 9.17) is 4.98 Å². The summed E-state index contributed by atoms with van der Waals surface area (Å²) >= 11 is 1.68. The lowest BCUT2D eigenvalue weighted by atomic mass is 10.2. The van der Waals surface area contributed by atoms with Gasteiger partial charge in [0.05, 0.1) is 15.9 Å². The van der Waals surface area contributed by atoms with E-state index in [0.717, 1.165) is 21.8 Å². The highest BCUT2D eigenvalue weighted by Crippen LogP contribution is 2.33. The molecule has 0 saturated heterocycles. The van der Waals surface area contributed by atoms with Gasteiger partial charge in [-0.15, -0.1) is 16.5 Å². The molecule has 4 aromatic rings. The largest absolute Gasteiger partial charge is 0.506 e. The Kier molecular flexibility index (Phi) is 3.99. The second-order valence-electron chi connectivity index (χ2n) is 5.68. The quantitative estimate of drug-likeness (QED) is 0.437. The number of rotatable bonds is 3. The van der Waals surface area contributed by atoms with E-state index < -0.39 is 0 Å². The molecule has 0 aliphatic carbocycles. The molecule has 0 aliphatic rings. The highest BCUT2D eigenvalue weighted by molar-refractivity contribution is 7.21. The summed E-state index contributed by atoms with van der Waals surface area (Å²) in [7, 11) is 0. The maximum absolute atomic E-state index is 9.71. The molecule has 0 fully saturated rings. The van der Waals surface area contributed by atoms with Crippen molar-refractivity contribution in [3.63, 3.8) is 0 Å². The van der Waals surface area contributed by atoms with Crippen LogP contribution < -0.4 is 0 Å². The summed E-state index contributed by atoms with van der Waals surface area (Å²) in [6.07, 6.45) is 0. The Labute approximate surface area is 149 Å². The van der Waals surface area contributed by atoms with Gasteiger partial charge in [0.25, 0.3) is 0 Å². The van der Waals surface area contributed by atoms with Crippen molar-refractivity contribution >= 4 is 32.9 Å². The standard InChI is InChI=1S/C20H15N3OS/c1-13-5-4-8-18-19(13)21-20(25-18)14-9-11-15(12-10-14)22-23-16-6-2-3-7-17(16)24/h2-12,24H,1H3/b23-22+. The molecule has 0 unspecified atom stereocenters. The fourth-order valence-electron chi connectivity index (χ4n) is 2.54. The highest BCUT2D eigenvalue weighted by Gasteiger charge is 2.07. The second-order valence-corrected chi connectivity index (χ2v) is 6.71. The van der Waals surface area contributed by atoms with Crippen molar-refractivity contribution in [1.82, 2.24) is 4.98 Å². The van der Waals surface area contributed by atoms with Crippen LogP contribution in [-0.4, -0.2) is 10.1 Å². The summed E-state index contributed by atoms with van der Waals surface area (Å²) in [5.74, 6) is 0.118. The molecule has 4 rings (SSSR count). The first-order valence-corrected chi connectivity index (χ1v) is 8.69. The fraction of sp³-hybridized carbons (Fsp3) is 0.0500. The first-order valence-electron chi connectivity index (χ1n) is 7.87. The zero-order chi connectivity index (χ0) is 17.2. The molecule has 5 heteroatoms. The van der Waals surface area contributed by atoms with Crippen molar-refractivity contribution in [2.45, 2.75) is 6.92 Å². The Morgan fingerprint density at radius 2 is 1.68 bits per heavy atom. The molecule has 0 spiro atoms. The van der Waals surface area contributed by atoms with E-state index in [1.165, 1.54) is 10.3 Å². The third-order valence-corrected chi connectivity index (χ3v) is 4.96. The van der Waals surface area contributed by atoms with Gasteiger partial charge in [0.1, 0.15) is 16.4 Å². The predicted molar refractivity (Wildman–Crippen MR) is 102 cm³/mol. The number of para-hydroxylation sites is 2. The predicted octanol–water partition coefficient (Wildman–Crippen LogP) is 6.39. The number of thiazole rings is 1. The number of nitrogens with zero attached hydrogens (tertiary/aromatic N) is 3.